The second-order valence-electron chi connectivity index (χ2n) is 12.3. The highest BCUT2D eigenvalue weighted by molar-refractivity contribution is 6.30. The molecule has 0 fully saturated rings. The van der Waals surface area contributed by atoms with Crippen molar-refractivity contribution in [3.05, 3.63) is 163 Å². The van der Waals surface area contributed by atoms with Crippen molar-refractivity contribution in [1.82, 2.24) is 14.5 Å². The molecule has 0 unspecified atom stereocenters. The van der Waals surface area contributed by atoms with Crippen molar-refractivity contribution in [2.75, 3.05) is 0 Å². The average Bonchev–Trinajstić information content (AvgIpc) is 3.43. The Labute approximate surface area is 275 Å². The van der Waals surface area contributed by atoms with E-state index in [4.69, 9.17) is 9.98 Å². The number of rotatable bonds is 3. The maximum Gasteiger partial charge on any atom is 0.159 e. The normalized spacial score (nSPS) is 12.4. The largest absolute Gasteiger partial charge is 0.337 e. The van der Waals surface area contributed by atoms with Crippen LogP contribution in [-0.4, -0.2) is 20.4 Å². The number of amidine groups is 1. The minimum atomic E-state index is 0.159. The summed E-state index contributed by atoms with van der Waals surface area (Å²) in [4.78, 5) is 13.3. The van der Waals surface area contributed by atoms with Gasteiger partial charge in [0.25, 0.3) is 0 Å². The summed E-state index contributed by atoms with van der Waals surface area (Å²) in [5, 5.41) is 14.2. The zero-order valence-electron chi connectivity index (χ0n) is 25.8. The van der Waals surface area contributed by atoms with E-state index in [1.807, 2.05) is 66.7 Å². The van der Waals surface area contributed by atoms with Crippen LogP contribution < -0.4 is 5.49 Å². The van der Waals surface area contributed by atoms with Crippen molar-refractivity contribution >= 4 is 49.4 Å². The van der Waals surface area contributed by atoms with Crippen LogP contribution in [0.2, 0.25) is 0 Å². The summed E-state index contributed by atoms with van der Waals surface area (Å²) in [7, 11) is 0. The fourth-order valence-corrected chi connectivity index (χ4v) is 7.49. The Bertz CT molecular complexity index is 2860. The first-order chi connectivity index (χ1) is 23.7. The van der Waals surface area contributed by atoms with Crippen LogP contribution in [0, 0.1) is 5.41 Å². The lowest BCUT2D eigenvalue weighted by molar-refractivity contribution is 1.14. The molecular weight excluding hydrogens is 587 g/mol. The third kappa shape index (κ3) is 3.88. The van der Waals surface area contributed by atoms with Crippen LogP contribution in [0.1, 0.15) is 5.56 Å². The van der Waals surface area contributed by atoms with Gasteiger partial charge >= 0.3 is 0 Å². The Kier molecular flexibility index (Phi) is 5.66. The summed E-state index contributed by atoms with van der Waals surface area (Å²) >= 11 is 0. The number of aromatic amines is 1. The number of H-pyrrole nitrogens is 1. The molecule has 2 N–H and O–H groups in total. The van der Waals surface area contributed by atoms with E-state index < -0.39 is 0 Å². The molecule has 0 saturated heterocycles. The van der Waals surface area contributed by atoms with E-state index in [1.165, 1.54) is 43.8 Å². The summed E-state index contributed by atoms with van der Waals surface area (Å²) < 4.78 is 2.34. The molecule has 0 saturated carbocycles. The number of para-hydroxylation sites is 2. The summed E-state index contributed by atoms with van der Waals surface area (Å²) in [5.41, 5.74) is 12.9. The quantitative estimate of drug-likeness (QED) is 0.151. The van der Waals surface area contributed by atoms with E-state index in [-0.39, 0.29) is 5.84 Å². The van der Waals surface area contributed by atoms with Gasteiger partial charge in [-0.1, -0.05) is 115 Å². The fourth-order valence-electron chi connectivity index (χ4n) is 7.49. The lowest BCUT2D eigenvalue weighted by Gasteiger charge is -2.14. The maximum absolute atomic E-state index is 9.22. The topological polar surface area (TPSA) is 69.8 Å². The molecule has 0 aliphatic heterocycles. The van der Waals surface area contributed by atoms with Gasteiger partial charge in [0.05, 0.1) is 22.1 Å². The molecule has 7 aromatic carbocycles. The fraction of sp³-hybridized carbons (Fsp3) is 0. The van der Waals surface area contributed by atoms with Gasteiger partial charge in [-0.05, 0) is 69.4 Å². The van der Waals surface area contributed by atoms with Crippen LogP contribution in [0.3, 0.4) is 0 Å². The van der Waals surface area contributed by atoms with Crippen molar-refractivity contribution < 1.29 is 0 Å². The van der Waals surface area contributed by atoms with Crippen molar-refractivity contribution in [3.8, 4) is 39.2 Å². The van der Waals surface area contributed by atoms with Gasteiger partial charge in [0, 0.05) is 27.6 Å². The van der Waals surface area contributed by atoms with Gasteiger partial charge < -0.3 is 9.55 Å². The van der Waals surface area contributed by atoms with Crippen molar-refractivity contribution in [2.24, 2.45) is 4.99 Å². The molecule has 2 aromatic heterocycles. The van der Waals surface area contributed by atoms with Crippen molar-refractivity contribution in [1.29, 1.82) is 5.41 Å². The SMILES string of the molecule is N=C(N=c1[nH]c2ccccc2nc1-c1ccccc1)c1cccc(-n2c3cccc4c3c3c5c(cccc5ccc32)-c2ccccc2-4)c1. The van der Waals surface area contributed by atoms with Gasteiger partial charge in [-0.3, -0.25) is 5.41 Å². The predicted molar refractivity (Wildman–Crippen MR) is 197 cm³/mol. The Morgan fingerprint density at radius 2 is 1.27 bits per heavy atom. The number of hydrogen-bond acceptors (Lipinski definition) is 2. The van der Waals surface area contributed by atoms with Crippen LogP contribution in [0.15, 0.2) is 157 Å². The van der Waals surface area contributed by atoms with Gasteiger partial charge in [0.1, 0.15) is 5.69 Å². The monoisotopic (exact) mass is 613 g/mol. The Balaban J connectivity index is 1.19. The van der Waals surface area contributed by atoms with Gasteiger partial charge in [0.2, 0.25) is 0 Å². The molecular formula is C43H27N5. The first kappa shape index (κ1) is 26.6. The third-order valence-corrected chi connectivity index (χ3v) is 9.57. The molecule has 0 amide bonds. The smallest absolute Gasteiger partial charge is 0.159 e. The number of fused-ring (bicyclic) bond motifs is 4. The number of aromatic nitrogens is 3. The Hall–Kier alpha value is -6.59. The summed E-state index contributed by atoms with van der Waals surface area (Å²) in [6, 6.07) is 52.6. The molecule has 1 aliphatic rings. The molecule has 224 valence electrons. The molecule has 5 heteroatoms. The van der Waals surface area contributed by atoms with E-state index in [2.05, 4.69) is 94.5 Å². The maximum atomic E-state index is 9.22. The summed E-state index contributed by atoms with van der Waals surface area (Å²) in [6.07, 6.45) is 0. The highest BCUT2D eigenvalue weighted by atomic mass is 15.0. The second-order valence-corrected chi connectivity index (χ2v) is 12.3. The molecule has 5 nitrogen and oxygen atoms in total. The van der Waals surface area contributed by atoms with Gasteiger partial charge in [-0.15, -0.1) is 0 Å². The lowest BCUT2D eigenvalue weighted by atomic mass is 9.93. The first-order valence-electron chi connectivity index (χ1n) is 16.1. The molecule has 9 aromatic rings. The van der Waals surface area contributed by atoms with Crippen LogP contribution in [0.4, 0.5) is 0 Å². The van der Waals surface area contributed by atoms with Gasteiger partial charge in [0.15, 0.2) is 11.3 Å². The van der Waals surface area contributed by atoms with E-state index in [0.717, 1.165) is 38.9 Å². The number of nitrogens with zero attached hydrogens (tertiary/aromatic N) is 3. The van der Waals surface area contributed by atoms with E-state index in [9.17, 15) is 5.41 Å². The second kappa shape index (κ2) is 10.2. The minimum absolute atomic E-state index is 0.159. The van der Waals surface area contributed by atoms with Crippen molar-refractivity contribution in [2.45, 2.75) is 0 Å². The highest BCUT2D eigenvalue weighted by Crippen LogP contribution is 2.49. The average molecular weight is 614 g/mol. The predicted octanol–water partition coefficient (Wildman–Crippen LogP) is 10.1. The zero-order chi connectivity index (χ0) is 31.8. The Morgan fingerprint density at radius 3 is 2.12 bits per heavy atom. The standard InChI is InChI=1S/C43H27N5/c44-42(47-43-41(27-11-2-1-3-12-27)45-34-20-6-7-21-35(34)46-43)28-14-8-15-29(25-28)48-36-22-10-19-33-31-17-5-4-16-30(31)32-18-9-13-26-23-24-37(48)40(38(26)32)39(33)36/h1-25H,(H2,44,46,47). The zero-order valence-corrected chi connectivity index (χ0v) is 25.8. The van der Waals surface area contributed by atoms with Crippen LogP contribution >= 0.6 is 0 Å². The van der Waals surface area contributed by atoms with Gasteiger partial charge in [-0.2, -0.15) is 0 Å². The number of nitrogens with one attached hydrogen (secondary N) is 2. The van der Waals surface area contributed by atoms with Crippen molar-refractivity contribution in [3.63, 3.8) is 0 Å². The Morgan fingerprint density at radius 1 is 0.583 bits per heavy atom. The molecule has 0 spiro atoms. The number of benzene rings is 7. The van der Waals surface area contributed by atoms with Crippen LogP contribution in [0.5, 0.6) is 0 Å². The molecule has 0 bridgehead atoms. The molecule has 1 aliphatic carbocycles. The summed E-state index contributed by atoms with van der Waals surface area (Å²) in [5.74, 6) is 0.159. The van der Waals surface area contributed by atoms with E-state index in [1.54, 1.807) is 0 Å². The number of hydrogen-bond donors (Lipinski definition) is 2. The molecule has 2 heterocycles. The van der Waals surface area contributed by atoms with E-state index in [0.29, 0.717) is 11.2 Å². The molecule has 0 radical (unpaired) electrons. The lowest BCUT2D eigenvalue weighted by Crippen LogP contribution is -2.17. The minimum Gasteiger partial charge on any atom is -0.337 e. The van der Waals surface area contributed by atoms with Crippen LogP contribution in [0.25, 0.3) is 82.8 Å². The summed E-state index contributed by atoms with van der Waals surface area (Å²) in [6.45, 7) is 0. The van der Waals surface area contributed by atoms with Gasteiger partial charge in [-0.25, -0.2) is 9.98 Å². The highest BCUT2D eigenvalue weighted by Gasteiger charge is 2.24. The molecule has 0 atom stereocenters. The van der Waals surface area contributed by atoms with E-state index >= 15 is 0 Å². The molecule has 10 rings (SSSR count). The third-order valence-electron chi connectivity index (χ3n) is 9.57. The van der Waals surface area contributed by atoms with Crippen LogP contribution in [-0.2, 0) is 0 Å². The molecule has 48 heavy (non-hydrogen) atoms. The first-order valence-corrected chi connectivity index (χ1v) is 16.1.